The van der Waals surface area contributed by atoms with Crippen LogP contribution in [0, 0.1) is 5.82 Å². The number of hydrogen-bond acceptors (Lipinski definition) is 5. The molecule has 106 valence electrons. The van der Waals surface area contributed by atoms with E-state index < -0.39 is 17.7 Å². The van der Waals surface area contributed by atoms with E-state index >= 15 is 0 Å². The Morgan fingerprint density at radius 2 is 2.14 bits per heavy atom. The molecule has 0 saturated heterocycles. The Balaban J connectivity index is 1.90. The third kappa shape index (κ3) is 2.48. The molecule has 21 heavy (non-hydrogen) atoms. The summed E-state index contributed by atoms with van der Waals surface area (Å²) in [6, 6.07) is 5.08. The average Bonchev–Trinajstić information content (AvgIpc) is 3.04. The molecule has 2 N–H and O–H groups in total. The van der Waals surface area contributed by atoms with Gasteiger partial charge in [-0.15, -0.1) is 11.3 Å². The van der Waals surface area contributed by atoms with Crippen LogP contribution in [0.15, 0.2) is 34.1 Å². The summed E-state index contributed by atoms with van der Waals surface area (Å²) in [6.45, 7) is 0. The van der Waals surface area contributed by atoms with Gasteiger partial charge in [-0.05, 0) is 23.6 Å². The van der Waals surface area contributed by atoms with Crippen LogP contribution in [-0.4, -0.2) is 22.0 Å². The van der Waals surface area contributed by atoms with Crippen molar-refractivity contribution in [2.24, 2.45) is 0 Å². The molecular weight excluding hydrogens is 299 g/mol. The first-order chi connectivity index (χ1) is 10.0. The molecule has 3 aromatic rings. The predicted molar refractivity (Wildman–Crippen MR) is 73.2 cm³/mol. The number of hydrogen-bond donors (Lipinski definition) is 2. The zero-order valence-electron chi connectivity index (χ0n) is 10.3. The second-order valence-electron chi connectivity index (χ2n) is 4.05. The number of oxazole rings is 1. The first-order valence-electron chi connectivity index (χ1n) is 5.73. The molecule has 6 nitrogen and oxygen atoms in total. The monoisotopic (exact) mass is 306 g/mol. The molecule has 0 radical (unpaired) electrons. The minimum absolute atomic E-state index is 0.0181. The zero-order valence-corrected chi connectivity index (χ0v) is 11.1. The molecule has 1 amide bonds. The lowest BCUT2D eigenvalue weighted by atomic mass is 10.3. The molecule has 0 unspecified atom stereocenters. The smallest absolute Gasteiger partial charge is 0.338 e. The number of nitrogens with one attached hydrogen (secondary N) is 1. The zero-order chi connectivity index (χ0) is 15.0. The van der Waals surface area contributed by atoms with Crippen molar-refractivity contribution < 1.29 is 23.5 Å². The summed E-state index contributed by atoms with van der Waals surface area (Å²) in [5.41, 5.74) is 0.464. The third-order valence-electron chi connectivity index (χ3n) is 2.67. The number of benzene rings is 1. The Labute approximate surface area is 120 Å². The minimum atomic E-state index is -1.15. The molecule has 0 spiro atoms. The highest BCUT2D eigenvalue weighted by molar-refractivity contribution is 7.14. The molecule has 2 heterocycles. The highest BCUT2D eigenvalue weighted by atomic mass is 32.1. The Kier molecular flexibility index (Phi) is 3.15. The number of aromatic nitrogens is 1. The van der Waals surface area contributed by atoms with Gasteiger partial charge in [-0.25, -0.2) is 14.2 Å². The first kappa shape index (κ1) is 13.3. The van der Waals surface area contributed by atoms with Crippen molar-refractivity contribution in [2.75, 3.05) is 5.32 Å². The number of carboxylic acids is 1. The van der Waals surface area contributed by atoms with E-state index in [9.17, 15) is 14.0 Å². The molecule has 0 bridgehead atoms. The summed E-state index contributed by atoms with van der Waals surface area (Å²) in [7, 11) is 0. The minimum Gasteiger partial charge on any atom is -0.478 e. The first-order valence-corrected chi connectivity index (χ1v) is 6.61. The van der Waals surface area contributed by atoms with Gasteiger partial charge in [0.1, 0.15) is 16.3 Å². The summed E-state index contributed by atoms with van der Waals surface area (Å²) in [4.78, 5) is 26.8. The number of amides is 1. The highest BCUT2D eigenvalue weighted by Crippen LogP contribution is 2.24. The summed E-state index contributed by atoms with van der Waals surface area (Å²) in [5.74, 6) is -2.60. The van der Waals surface area contributed by atoms with Gasteiger partial charge in [0.05, 0.1) is 5.56 Å². The van der Waals surface area contributed by atoms with Crippen molar-refractivity contribution in [3.8, 4) is 0 Å². The number of aromatic carboxylic acids is 1. The van der Waals surface area contributed by atoms with Gasteiger partial charge in [0.25, 0.3) is 5.89 Å². The molecular formula is C13H7FN2O4S. The van der Waals surface area contributed by atoms with Crippen molar-refractivity contribution in [2.45, 2.75) is 0 Å². The van der Waals surface area contributed by atoms with Crippen LogP contribution in [0.5, 0.6) is 0 Å². The normalized spacial score (nSPS) is 10.7. The van der Waals surface area contributed by atoms with Crippen LogP contribution in [0.25, 0.3) is 11.1 Å². The number of carbonyl (C=O) groups is 2. The lowest BCUT2D eigenvalue weighted by Gasteiger charge is -2.00. The van der Waals surface area contributed by atoms with Crippen molar-refractivity contribution in [1.29, 1.82) is 0 Å². The van der Waals surface area contributed by atoms with Crippen molar-refractivity contribution in [3.05, 3.63) is 46.9 Å². The number of carboxylic acid groups (broad SMARTS) is 1. The van der Waals surface area contributed by atoms with Gasteiger partial charge in [-0.3, -0.25) is 4.79 Å². The molecule has 3 rings (SSSR count). The molecule has 0 aliphatic rings. The van der Waals surface area contributed by atoms with E-state index in [0.717, 1.165) is 17.4 Å². The van der Waals surface area contributed by atoms with E-state index in [1.807, 2.05) is 0 Å². The molecule has 0 aliphatic carbocycles. The maximum absolute atomic E-state index is 13.0. The summed E-state index contributed by atoms with van der Waals surface area (Å²) in [6.07, 6.45) is 0. The van der Waals surface area contributed by atoms with E-state index in [1.165, 1.54) is 18.2 Å². The SMILES string of the molecule is O=C(Nc1sccc1C(=O)O)c1nc2cc(F)ccc2o1. The summed E-state index contributed by atoms with van der Waals surface area (Å²) < 4.78 is 18.2. The second kappa shape index (κ2) is 4.98. The molecule has 1 aromatic carbocycles. The van der Waals surface area contributed by atoms with Gasteiger partial charge < -0.3 is 14.8 Å². The quantitative estimate of drug-likeness (QED) is 0.776. The standard InChI is InChI=1S/C13H7FN2O4S/c14-6-1-2-9-8(5-6)15-11(20-9)10(17)16-12-7(13(18)19)3-4-21-12/h1-5H,(H,16,17)(H,18,19). The van der Waals surface area contributed by atoms with Crippen LogP contribution in [0.1, 0.15) is 21.0 Å². The van der Waals surface area contributed by atoms with Crippen LogP contribution in [0.4, 0.5) is 9.39 Å². The molecule has 0 saturated carbocycles. The second-order valence-corrected chi connectivity index (χ2v) is 4.97. The van der Waals surface area contributed by atoms with E-state index in [0.29, 0.717) is 0 Å². The number of fused-ring (bicyclic) bond motifs is 1. The Morgan fingerprint density at radius 3 is 2.90 bits per heavy atom. The van der Waals surface area contributed by atoms with E-state index in [2.05, 4.69) is 10.3 Å². The van der Waals surface area contributed by atoms with Crippen LogP contribution in [0.2, 0.25) is 0 Å². The van der Waals surface area contributed by atoms with Crippen LogP contribution in [-0.2, 0) is 0 Å². The number of nitrogens with zero attached hydrogens (tertiary/aromatic N) is 1. The maximum Gasteiger partial charge on any atom is 0.338 e. The van der Waals surface area contributed by atoms with Gasteiger partial charge in [0, 0.05) is 6.07 Å². The molecule has 0 fully saturated rings. The topological polar surface area (TPSA) is 92.4 Å². The van der Waals surface area contributed by atoms with Crippen LogP contribution in [0.3, 0.4) is 0 Å². The fraction of sp³-hybridized carbons (Fsp3) is 0. The predicted octanol–water partition coefficient (Wildman–Crippen LogP) is 2.98. The lowest BCUT2D eigenvalue weighted by Crippen LogP contribution is -2.13. The fourth-order valence-electron chi connectivity index (χ4n) is 1.73. The largest absolute Gasteiger partial charge is 0.478 e. The highest BCUT2D eigenvalue weighted by Gasteiger charge is 2.19. The third-order valence-corrected chi connectivity index (χ3v) is 3.50. The maximum atomic E-state index is 13.0. The fourth-order valence-corrected chi connectivity index (χ4v) is 2.50. The van der Waals surface area contributed by atoms with Crippen molar-refractivity contribution in [3.63, 3.8) is 0 Å². The van der Waals surface area contributed by atoms with Gasteiger partial charge in [0.2, 0.25) is 0 Å². The van der Waals surface area contributed by atoms with E-state index in [4.69, 9.17) is 9.52 Å². The average molecular weight is 306 g/mol. The summed E-state index contributed by atoms with van der Waals surface area (Å²) >= 11 is 1.07. The number of carbonyl (C=O) groups excluding carboxylic acids is 1. The van der Waals surface area contributed by atoms with Gasteiger partial charge in [-0.2, -0.15) is 0 Å². The number of rotatable bonds is 3. The van der Waals surface area contributed by atoms with Gasteiger partial charge >= 0.3 is 11.9 Å². The van der Waals surface area contributed by atoms with Crippen LogP contribution >= 0.6 is 11.3 Å². The Hall–Kier alpha value is -2.74. The molecule has 0 atom stereocenters. The van der Waals surface area contributed by atoms with Crippen molar-refractivity contribution >= 4 is 39.3 Å². The molecule has 8 heteroatoms. The van der Waals surface area contributed by atoms with E-state index in [-0.39, 0.29) is 27.6 Å². The number of halogens is 1. The summed E-state index contributed by atoms with van der Waals surface area (Å²) in [5, 5.41) is 13.1. The van der Waals surface area contributed by atoms with Gasteiger partial charge in [-0.1, -0.05) is 0 Å². The molecule has 0 aliphatic heterocycles. The van der Waals surface area contributed by atoms with E-state index in [1.54, 1.807) is 5.38 Å². The van der Waals surface area contributed by atoms with Gasteiger partial charge in [0.15, 0.2) is 5.58 Å². The molecule has 2 aromatic heterocycles. The van der Waals surface area contributed by atoms with Crippen molar-refractivity contribution in [1.82, 2.24) is 4.98 Å². The Bertz CT molecular complexity index is 855. The van der Waals surface area contributed by atoms with Crippen LogP contribution < -0.4 is 5.32 Å². The Morgan fingerprint density at radius 1 is 1.33 bits per heavy atom. The number of anilines is 1. The lowest BCUT2D eigenvalue weighted by molar-refractivity contribution is 0.0698. The number of thiophene rings is 1.